The van der Waals surface area contributed by atoms with E-state index in [0.29, 0.717) is 11.4 Å². The molecule has 98 valence electrons. The Morgan fingerprint density at radius 1 is 1.00 bits per heavy atom. The Morgan fingerprint density at radius 3 is 2.37 bits per heavy atom. The topological polar surface area (TPSA) is 37.4 Å². The van der Waals surface area contributed by atoms with Gasteiger partial charge in [0.15, 0.2) is 9.84 Å². The number of hydrogen-bond acceptors (Lipinski definition) is 3. The molecule has 19 heavy (non-hydrogen) atoms. The van der Waals surface area contributed by atoms with Crippen LogP contribution in [0.4, 0.5) is 0 Å². The van der Waals surface area contributed by atoms with E-state index >= 15 is 0 Å². The van der Waals surface area contributed by atoms with Crippen LogP contribution in [0.5, 0.6) is 0 Å². The minimum Gasteiger partial charge on any atom is -0.282 e. The molecule has 0 N–H and O–H groups in total. The summed E-state index contributed by atoms with van der Waals surface area (Å²) in [5.41, 5.74) is 1.99. The smallest absolute Gasteiger partial charge is 0.198 e. The highest BCUT2D eigenvalue weighted by Gasteiger charge is 2.38. The lowest BCUT2D eigenvalue weighted by Gasteiger charge is -2.20. The zero-order valence-electron chi connectivity index (χ0n) is 10.7. The van der Waals surface area contributed by atoms with Crippen molar-refractivity contribution in [1.82, 2.24) is 4.90 Å². The molecule has 0 aliphatic carbocycles. The highest BCUT2D eigenvalue weighted by atomic mass is 32.2. The number of benzene rings is 2. The molecule has 2 aromatic carbocycles. The molecule has 1 aliphatic heterocycles. The van der Waals surface area contributed by atoms with Crippen LogP contribution in [-0.4, -0.2) is 20.4 Å². The van der Waals surface area contributed by atoms with Gasteiger partial charge in [0.25, 0.3) is 0 Å². The Morgan fingerprint density at radius 2 is 1.63 bits per heavy atom. The van der Waals surface area contributed by atoms with Gasteiger partial charge in [-0.3, -0.25) is 4.90 Å². The van der Waals surface area contributed by atoms with Crippen molar-refractivity contribution in [3.8, 4) is 0 Å². The van der Waals surface area contributed by atoms with Gasteiger partial charge in [0.2, 0.25) is 0 Å². The summed E-state index contributed by atoms with van der Waals surface area (Å²) in [5.74, 6) is 0. The van der Waals surface area contributed by atoms with E-state index in [4.69, 9.17) is 0 Å². The minimum absolute atomic E-state index is 0.378. The molecule has 3 rings (SSSR count). The van der Waals surface area contributed by atoms with Crippen LogP contribution in [0.3, 0.4) is 0 Å². The van der Waals surface area contributed by atoms with Crippen LogP contribution in [0.25, 0.3) is 0 Å². The molecule has 0 bridgehead atoms. The van der Waals surface area contributed by atoms with Crippen molar-refractivity contribution in [2.75, 3.05) is 7.05 Å². The fourth-order valence-electron chi connectivity index (χ4n) is 2.65. The molecule has 0 amide bonds. The molecule has 0 fully saturated rings. The van der Waals surface area contributed by atoms with Gasteiger partial charge in [-0.15, -0.1) is 0 Å². The normalized spacial score (nSPS) is 19.3. The predicted octanol–water partition coefficient (Wildman–Crippen LogP) is 2.60. The Hall–Kier alpha value is -1.65. The van der Waals surface area contributed by atoms with Gasteiger partial charge in [-0.05, 0) is 30.3 Å². The third-order valence-electron chi connectivity index (χ3n) is 3.51. The first-order valence-corrected chi connectivity index (χ1v) is 7.72. The highest BCUT2D eigenvalue weighted by Crippen LogP contribution is 2.39. The maximum atomic E-state index is 12.8. The van der Waals surface area contributed by atoms with Gasteiger partial charge in [-0.2, -0.15) is 0 Å². The van der Waals surface area contributed by atoms with Crippen molar-refractivity contribution in [2.24, 2.45) is 0 Å². The van der Waals surface area contributed by atoms with Crippen molar-refractivity contribution >= 4 is 9.84 Å². The molecule has 2 aromatic rings. The molecular weight excluding hydrogens is 258 g/mol. The molecule has 0 spiro atoms. The van der Waals surface area contributed by atoms with E-state index in [2.05, 4.69) is 0 Å². The molecule has 3 nitrogen and oxygen atoms in total. The van der Waals surface area contributed by atoms with Gasteiger partial charge in [-0.25, -0.2) is 8.42 Å². The summed E-state index contributed by atoms with van der Waals surface area (Å²) in [6.07, 6.45) is 0. The lowest BCUT2D eigenvalue weighted by molar-refractivity contribution is 0.329. The molecule has 0 saturated carbocycles. The van der Waals surface area contributed by atoms with Crippen LogP contribution >= 0.6 is 0 Å². The summed E-state index contributed by atoms with van der Waals surface area (Å²) in [7, 11) is -1.52. The van der Waals surface area contributed by atoms with Crippen molar-refractivity contribution < 1.29 is 8.42 Å². The van der Waals surface area contributed by atoms with E-state index in [0.717, 1.165) is 11.1 Å². The summed E-state index contributed by atoms with van der Waals surface area (Å²) in [5, 5.41) is -0.578. The average Bonchev–Trinajstić information content (AvgIpc) is 2.76. The van der Waals surface area contributed by atoms with Crippen molar-refractivity contribution in [2.45, 2.75) is 16.8 Å². The monoisotopic (exact) mass is 273 g/mol. The summed E-state index contributed by atoms with van der Waals surface area (Å²) < 4.78 is 25.5. The zero-order valence-corrected chi connectivity index (χ0v) is 11.5. The van der Waals surface area contributed by atoms with Gasteiger partial charge in [0, 0.05) is 6.54 Å². The summed E-state index contributed by atoms with van der Waals surface area (Å²) in [6, 6.07) is 16.4. The zero-order chi connectivity index (χ0) is 13.5. The number of nitrogens with zero attached hydrogens (tertiary/aromatic N) is 1. The van der Waals surface area contributed by atoms with Gasteiger partial charge in [0.1, 0.15) is 5.37 Å². The van der Waals surface area contributed by atoms with Crippen molar-refractivity contribution in [1.29, 1.82) is 0 Å². The maximum Gasteiger partial charge on any atom is 0.198 e. The van der Waals surface area contributed by atoms with Crippen LogP contribution in [0.15, 0.2) is 59.5 Å². The first kappa shape index (κ1) is 12.4. The van der Waals surface area contributed by atoms with Crippen molar-refractivity contribution in [3.05, 3.63) is 65.7 Å². The van der Waals surface area contributed by atoms with Gasteiger partial charge in [0.05, 0.1) is 4.90 Å². The first-order valence-electron chi connectivity index (χ1n) is 6.18. The molecule has 0 saturated heterocycles. The standard InChI is InChI=1S/C15H15NO2S/c1-16-11-12-7-5-6-10-14(12)15(16)19(17,18)13-8-3-2-4-9-13/h2-10,15H,11H2,1H3. The molecule has 1 atom stereocenters. The summed E-state index contributed by atoms with van der Waals surface area (Å²) >= 11 is 0. The van der Waals surface area contributed by atoms with Gasteiger partial charge < -0.3 is 0 Å². The largest absolute Gasteiger partial charge is 0.282 e. The quantitative estimate of drug-likeness (QED) is 0.844. The molecule has 1 unspecified atom stereocenters. The highest BCUT2D eigenvalue weighted by molar-refractivity contribution is 7.91. The Labute approximate surface area is 113 Å². The van der Waals surface area contributed by atoms with E-state index in [1.165, 1.54) is 0 Å². The second kappa shape index (κ2) is 4.47. The first-order chi connectivity index (χ1) is 9.10. The van der Waals surface area contributed by atoms with Crippen LogP contribution in [-0.2, 0) is 16.4 Å². The molecule has 1 aliphatic rings. The molecule has 0 radical (unpaired) electrons. The number of hydrogen-bond donors (Lipinski definition) is 0. The van der Waals surface area contributed by atoms with E-state index in [1.54, 1.807) is 24.3 Å². The van der Waals surface area contributed by atoms with E-state index in [9.17, 15) is 8.42 Å². The third kappa shape index (κ3) is 1.97. The van der Waals surface area contributed by atoms with Gasteiger partial charge >= 0.3 is 0 Å². The van der Waals surface area contributed by atoms with Crippen LogP contribution in [0.1, 0.15) is 16.5 Å². The second-order valence-corrected chi connectivity index (χ2v) is 6.83. The van der Waals surface area contributed by atoms with E-state index < -0.39 is 15.2 Å². The Balaban J connectivity index is 2.13. The SMILES string of the molecule is CN1Cc2ccccc2C1S(=O)(=O)c1ccccc1. The van der Waals surface area contributed by atoms with Crippen LogP contribution in [0, 0.1) is 0 Å². The minimum atomic E-state index is -3.38. The Kier molecular flexibility index (Phi) is 2.92. The number of rotatable bonds is 2. The van der Waals surface area contributed by atoms with Crippen LogP contribution in [0.2, 0.25) is 0 Å². The van der Waals surface area contributed by atoms with E-state index in [-0.39, 0.29) is 0 Å². The molecular formula is C15H15NO2S. The van der Waals surface area contributed by atoms with Crippen molar-refractivity contribution in [3.63, 3.8) is 0 Å². The number of sulfone groups is 1. The lowest BCUT2D eigenvalue weighted by atomic mass is 10.1. The summed E-state index contributed by atoms with van der Waals surface area (Å²) in [6.45, 7) is 0.674. The number of fused-ring (bicyclic) bond motifs is 1. The van der Waals surface area contributed by atoms with E-state index in [1.807, 2.05) is 42.3 Å². The molecule has 4 heteroatoms. The molecule has 0 aromatic heterocycles. The third-order valence-corrected chi connectivity index (χ3v) is 5.64. The maximum absolute atomic E-state index is 12.8. The lowest BCUT2D eigenvalue weighted by Crippen LogP contribution is -2.25. The fraction of sp³-hybridized carbons (Fsp3) is 0.200. The second-order valence-electron chi connectivity index (χ2n) is 4.82. The average molecular weight is 273 g/mol. The molecule has 1 heterocycles. The fourth-order valence-corrected chi connectivity index (χ4v) is 4.56. The van der Waals surface area contributed by atoms with Gasteiger partial charge in [-0.1, -0.05) is 42.5 Å². The predicted molar refractivity (Wildman–Crippen MR) is 74.3 cm³/mol. The summed E-state index contributed by atoms with van der Waals surface area (Å²) in [4.78, 5) is 2.26. The van der Waals surface area contributed by atoms with Crippen LogP contribution < -0.4 is 0 Å². The Bertz CT molecular complexity index is 695.